The Kier molecular flexibility index (Phi) is 4.75. The van der Waals surface area contributed by atoms with Gasteiger partial charge < -0.3 is 19.4 Å². The van der Waals surface area contributed by atoms with Crippen molar-refractivity contribution in [2.24, 2.45) is 0 Å². The first-order chi connectivity index (χ1) is 13.2. The zero-order valence-electron chi connectivity index (χ0n) is 15.7. The van der Waals surface area contributed by atoms with E-state index in [1.165, 1.54) is 30.3 Å². The third-order valence-corrected chi connectivity index (χ3v) is 5.21. The third-order valence-electron chi connectivity index (χ3n) is 5.21. The molecule has 3 aromatic rings. The molecule has 1 aliphatic rings. The van der Waals surface area contributed by atoms with Crippen LogP contribution in [0, 0.1) is 0 Å². The van der Waals surface area contributed by atoms with E-state index in [0.29, 0.717) is 0 Å². The smallest absolute Gasteiger partial charge is 0.310 e. The van der Waals surface area contributed by atoms with Gasteiger partial charge >= 0.3 is 5.97 Å². The van der Waals surface area contributed by atoms with E-state index >= 15 is 0 Å². The summed E-state index contributed by atoms with van der Waals surface area (Å²) in [5.74, 6) is -0.264. The monoisotopic (exact) mass is 364 g/mol. The maximum Gasteiger partial charge on any atom is 0.310 e. The van der Waals surface area contributed by atoms with Gasteiger partial charge in [0.2, 0.25) is 0 Å². The van der Waals surface area contributed by atoms with Crippen LogP contribution in [0.15, 0.2) is 47.1 Å². The highest BCUT2D eigenvalue weighted by molar-refractivity contribution is 5.88. The molecule has 0 radical (unpaired) electrons. The van der Waals surface area contributed by atoms with Gasteiger partial charge in [-0.25, -0.2) is 0 Å². The maximum absolute atomic E-state index is 11.5. The zero-order valence-corrected chi connectivity index (χ0v) is 15.7. The quantitative estimate of drug-likeness (QED) is 0.690. The summed E-state index contributed by atoms with van der Waals surface area (Å²) in [6.07, 6.45) is 4.19. The van der Waals surface area contributed by atoms with Gasteiger partial charge in [-0.3, -0.25) is 4.79 Å². The van der Waals surface area contributed by atoms with Crippen LogP contribution >= 0.6 is 0 Å². The summed E-state index contributed by atoms with van der Waals surface area (Å²) in [5.41, 5.74) is 6.71. The van der Waals surface area contributed by atoms with Crippen molar-refractivity contribution in [1.29, 1.82) is 0 Å². The number of carbonyl (C=O) groups is 1. The summed E-state index contributed by atoms with van der Waals surface area (Å²) in [6.45, 7) is 1.85. The van der Waals surface area contributed by atoms with Gasteiger partial charge in [-0.1, -0.05) is 18.2 Å². The van der Waals surface area contributed by atoms with E-state index < -0.39 is 0 Å². The van der Waals surface area contributed by atoms with Crippen LogP contribution in [0.25, 0.3) is 11.0 Å². The highest BCUT2D eigenvalue weighted by Crippen LogP contribution is 2.30. The SMILES string of the molecule is COC(=O)Cc1coc2cc(N(C)Cc3cccc4c3NCCC4)ccc12. The number of anilines is 2. The lowest BCUT2D eigenvalue weighted by atomic mass is 9.99. The molecule has 0 saturated heterocycles. The minimum atomic E-state index is -0.264. The number of rotatable bonds is 5. The van der Waals surface area contributed by atoms with E-state index in [1.54, 1.807) is 6.26 Å². The summed E-state index contributed by atoms with van der Waals surface area (Å²) in [4.78, 5) is 13.8. The molecule has 140 valence electrons. The summed E-state index contributed by atoms with van der Waals surface area (Å²) in [6, 6.07) is 12.7. The van der Waals surface area contributed by atoms with Gasteiger partial charge in [0, 0.05) is 48.5 Å². The summed E-state index contributed by atoms with van der Waals surface area (Å²) in [7, 11) is 3.48. The molecule has 0 bridgehead atoms. The number of para-hydroxylation sites is 1. The molecule has 27 heavy (non-hydrogen) atoms. The van der Waals surface area contributed by atoms with Gasteiger partial charge in [-0.05, 0) is 36.1 Å². The van der Waals surface area contributed by atoms with Gasteiger partial charge in [0.25, 0.3) is 0 Å². The number of benzene rings is 2. The molecular weight excluding hydrogens is 340 g/mol. The van der Waals surface area contributed by atoms with Crippen LogP contribution in [-0.4, -0.2) is 26.7 Å². The molecule has 0 aliphatic carbocycles. The molecule has 1 N–H and O–H groups in total. The number of nitrogens with zero attached hydrogens (tertiary/aromatic N) is 1. The van der Waals surface area contributed by atoms with Crippen LogP contribution in [0.3, 0.4) is 0 Å². The average Bonchev–Trinajstić information content (AvgIpc) is 3.10. The Morgan fingerprint density at radius 3 is 3.00 bits per heavy atom. The lowest BCUT2D eigenvalue weighted by Crippen LogP contribution is -2.20. The Morgan fingerprint density at radius 1 is 1.26 bits per heavy atom. The Hall–Kier alpha value is -2.95. The molecule has 4 rings (SSSR count). The first kappa shape index (κ1) is 17.5. The standard InChI is InChI=1S/C22H24N2O3/c1-24(13-16-6-3-5-15-7-4-10-23-22(15)16)18-8-9-19-17(11-21(25)26-2)14-27-20(19)12-18/h3,5-6,8-9,12,14,23H,4,7,10-11,13H2,1-2H3. The summed E-state index contributed by atoms with van der Waals surface area (Å²) in [5, 5.41) is 4.51. The number of hydrogen-bond acceptors (Lipinski definition) is 5. The lowest BCUT2D eigenvalue weighted by molar-refractivity contribution is -0.139. The van der Waals surface area contributed by atoms with Gasteiger partial charge in [0.1, 0.15) is 5.58 Å². The minimum absolute atomic E-state index is 0.223. The fourth-order valence-corrected chi connectivity index (χ4v) is 3.73. The predicted molar refractivity (Wildman–Crippen MR) is 107 cm³/mol. The first-order valence-corrected chi connectivity index (χ1v) is 9.28. The van der Waals surface area contributed by atoms with Gasteiger partial charge in [-0.2, -0.15) is 0 Å². The van der Waals surface area contributed by atoms with Crippen molar-refractivity contribution >= 4 is 28.3 Å². The molecule has 2 aromatic carbocycles. The molecule has 0 atom stereocenters. The normalized spacial score (nSPS) is 13.1. The van der Waals surface area contributed by atoms with Crippen LogP contribution in [0.5, 0.6) is 0 Å². The number of fused-ring (bicyclic) bond motifs is 2. The Morgan fingerprint density at radius 2 is 2.15 bits per heavy atom. The summed E-state index contributed by atoms with van der Waals surface area (Å²) >= 11 is 0. The number of ether oxygens (including phenoxy) is 1. The molecule has 0 unspecified atom stereocenters. The Balaban J connectivity index is 1.57. The Labute approximate surface area is 158 Å². The number of nitrogens with one attached hydrogen (secondary N) is 1. The molecule has 0 fully saturated rings. The van der Waals surface area contributed by atoms with Crippen LogP contribution < -0.4 is 10.2 Å². The maximum atomic E-state index is 11.5. The van der Waals surface area contributed by atoms with Crippen molar-refractivity contribution in [2.45, 2.75) is 25.8 Å². The highest BCUT2D eigenvalue weighted by Gasteiger charge is 2.15. The third kappa shape index (κ3) is 3.50. The van der Waals surface area contributed by atoms with E-state index in [2.05, 4.69) is 41.5 Å². The van der Waals surface area contributed by atoms with Crippen molar-refractivity contribution < 1.29 is 13.9 Å². The molecule has 1 aliphatic heterocycles. The highest BCUT2D eigenvalue weighted by atomic mass is 16.5. The fraction of sp³-hybridized carbons (Fsp3) is 0.318. The number of hydrogen-bond donors (Lipinski definition) is 1. The molecule has 0 spiro atoms. The lowest BCUT2D eigenvalue weighted by Gasteiger charge is -2.25. The summed E-state index contributed by atoms with van der Waals surface area (Å²) < 4.78 is 10.4. The van der Waals surface area contributed by atoms with Crippen LogP contribution in [0.4, 0.5) is 11.4 Å². The van der Waals surface area contributed by atoms with Crippen molar-refractivity contribution in [1.82, 2.24) is 0 Å². The molecule has 5 heteroatoms. The van der Waals surface area contributed by atoms with E-state index in [4.69, 9.17) is 9.15 Å². The predicted octanol–water partition coefficient (Wildman–Crippen LogP) is 4.14. The van der Waals surface area contributed by atoms with Gasteiger partial charge in [-0.15, -0.1) is 0 Å². The number of furan rings is 1. The second-order valence-corrected chi connectivity index (χ2v) is 7.03. The van der Waals surface area contributed by atoms with Crippen molar-refractivity contribution in [3.05, 3.63) is 59.4 Å². The van der Waals surface area contributed by atoms with Crippen molar-refractivity contribution in [3.63, 3.8) is 0 Å². The first-order valence-electron chi connectivity index (χ1n) is 9.28. The number of aryl methyl sites for hydroxylation is 1. The number of methoxy groups -OCH3 is 1. The van der Waals surface area contributed by atoms with Crippen molar-refractivity contribution in [2.75, 3.05) is 30.9 Å². The van der Waals surface area contributed by atoms with Gasteiger partial charge in [0.05, 0.1) is 19.8 Å². The van der Waals surface area contributed by atoms with E-state index in [-0.39, 0.29) is 12.4 Å². The molecule has 5 nitrogen and oxygen atoms in total. The molecule has 0 amide bonds. The average molecular weight is 364 g/mol. The molecule has 2 heterocycles. The van der Waals surface area contributed by atoms with Crippen LogP contribution in [0.2, 0.25) is 0 Å². The fourth-order valence-electron chi connectivity index (χ4n) is 3.73. The largest absolute Gasteiger partial charge is 0.469 e. The molecule has 1 aromatic heterocycles. The van der Waals surface area contributed by atoms with Crippen molar-refractivity contribution in [3.8, 4) is 0 Å². The number of esters is 1. The number of carbonyl (C=O) groups excluding carboxylic acids is 1. The second kappa shape index (κ2) is 7.35. The minimum Gasteiger partial charge on any atom is -0.469 e. The van der Waals surface area contributed by atoms with E-state index in [9.17, 15) is 4.79 Å². The molecular formula is C22H24N2O3. The van der Waals surface area contributed by atoms with Gasteiger partial charge in [0.15, 0.2) is 0 Å². The second-order valence-electron chi connectivity index (χ2n) is 7.03. The Bertz CT molecular complexity index is 977. The van der Waals surface area contributed by atoms with E-state index in [0.717, 1.165) is 41.7 Å². The van der Waals surface area contributed by atoms with Crippen LogP contribution in [-0.2, 0) is 28.9 Å². The van der Waals surface area contributed by atoms with E-state index in [1.807, 2.05) is 12.1 Å². The zero-order chi connectivity index (χ0) is 18.8. The van der Waals surface area contributed by atoms with Crippen LogP contribution in [0.1, 0.15) is 23.1 Å². The topological polar surface area (TPSA) is 54.7 Å². The molecule has 0 saturated carbocycles.